The molecule has 92 valence electrons. The van der Waals surface area contributed by atoms with Gasteiger partial charge in [-0.15, -0.1) is 0 Å². The maximum absolute atomic E-state index is 11.6. The molecule has 1 unspecified atom stereocenters. The van der Waals surface area contributed by atoms with E-state index in [1.807, 2.05) is 6.08 Å². The van der Waals surface area contributed by atoms with Crippen molar-refractivity contribution in [1.29, 1.82) is 0 Å². The van der Waals surface area contributed by atoms with Crippen molar-refractivity contribution in [2.24, 2.45) is 11.3 Å². The van der Waals surface area contributed by atoms with Crippen molar-refractivity contribution >= 4 is 5.97 Å². The van der Waals surface area contributed by atoms with E-state index in [2.05, 4.69) is 39.8 Å². The molecule has 17 heavy (non-hydrogen) atoms. The second-order valence-corrected chi connectivity index (χ2v) is 5.54. The zero-order chi connectivity index (χ0) is 12.6. The molecule has 0 bridgehead atoms. The monoisotopic (exact) mass is 232 g/mol. The van der Waals surface area contributed by atoms with Gasteiger partial charge in [0.15, 0.2) is 0 Å². The molecule has 2 nitrogen and oxygen atoms in total. The molecule has 1 heterocycles. The lowest BCUT2D eigenvalue weighted by Crippen LogP contribution is -2.13. The Kier molecular flexibility index (Phi) is 2.98. The Bertz CT molecular complexity index is 436. The maximum Gasteiger partial charge on any atom is 0.338 e. The summed E-state index contributed by atoms with van der Waals surface area (Å²) in [6.45, 7) is 9.21. The van der Waals surface area contributed by atoms with E-state index in [1.165, 1.54) is 5.57 Å². The molecule has 2 rings (SSSR count). The Hall–Kier alpha value is -1.31. The molecule has 1 saturated heterocycles. The first-order valence-electron chi connectivity index (χ1n) is 6.26. The third-order valence-corrected chi connectivity index (χ3v) is 3.79. The summed E-state index contributed by atoms with van der Waals surface area (Å²) in [4.78, 5) is 11.6. The van der Waals surface area contributed by atoms with Gasteiger partial charge in [0, 0.05) is 5.57 Å². The van der Waals surface area contributed by atoms with Crippen LogP contribution in [0.25, 0.3) is 0 Å². The number of esters is 1. The largest absolute Gasteiger partial charge is 0.457 e. The normalized spacial score (nSPS) is 24.4. The highest BCUT2D eigenvalue weighted by Crippen LogP contribution is 2.37. The SMILES string of the molecule is CCC(C)(C)C1=CC(C)C=C2C(=O)OCC2=C1. The fourth-order valence-electron chi connectivity index (χ4n) is 2.18. The molecule has 2 aliphatic rings. The molecule has 2 heteroatoms. The molecule has 0 amide bonds. The molecule has 0 aromatic heterocycles. The quantitative estimate of drug-likeness (QED) is 0.682. The second-order valence-electron chi connectivity index (χ2n) is 5.54. The van der Waals surface area contributed by atoms with Crippen LogP contribution in [-0.4, -0.2) is 12.6 Å². The average Bonchev–Trinajstić information content (AvgIpc) is 2.51. The van der Waals surface area contributed by atoms with E-state index in [-0.39, 0.29) is 17.3 Å². The minimum atomic E-state index is -0.174. The van der Waals surface area contributed by atoms with Crippen molar-refractivity contribution in [3.8, 4) is 0 Å². The summed E-state index contributed by atoms with van der Waals surface area (Å²) in [5.41, 5.74) is 3.26. The molecule has 1 atom stereocenters. The molecule has 0 radical (unpaired) electrons. The minimum absolute atomic E-state index is 0.149. The van der Waals surface area contributed by atoms with Crippen molar-refractivity contribution in [2.45, 2.75) is 34.1 Å². The van der Waals surface area contributed by atoms with Gasteiger partial charge in [0.2, 0.25) is 0 Å². The van der Waals surface area contributed by atoms with Crippen LogP contribution in [0.15, 0.2) is 34.9 Å². The Morgan fingerprint density at radius 1 is 1.41 bits per heavy atom. The van der Waals surface area contributed by atoms with Crippen LogP contribution in [0.5, 0.6) is 0 Å². The summed E-state index contributed by atoms with van der Waals surface area (Å²) in [6.07, 6.45) is 7.50. The van der Waals surface area contributed by atoms with Crippen molar-refractivity contribution < 1.29 is 9.53 Å². The zero-order valence-electron chi connectivity index (χ0n) is 11.0. The Morgan fingerprint density at radius 3 is 2.76 bits per heavy atom. The molecular weight excluding hydrogens is 212 g/mol. The molecule has 1 aliphatic heterocycles. The van der Waals surface area contributed by atoms with E-state index < -0.39 is 0 Å². The van der Waals surface area contributed by atoms with Crippen LogP contribution in [0, 0.1) is 11.3 Å². The van der Waals surface area contributed by atoms with E-state index in [9.17, 15) is 4.79 Å². The minimum Gasteiger partial charge on any atom is -0.457 e. The first-order valence-corrected chi connectivity index (χ1v) is 6.26. The number of carbonyl (C=O) groups excluding carboxylic acids is 1. The highest BCUT2D eigenvalue weighted by Gasteiger charge is 2.29. The van der Waals surface area contributed by atoms with Gasteiger partial charge in [-0.3, -0.25) is 0 Å². The van der Waals surface area contributed by atoms with Gasteiger partial charge in [-0.2, -0.15) is 0 Å². The molecule has 1 aliphatic carbocycles. The second kappa shape index (κ2) is 4.17. The highest BCUT2D eigenvalue weighted by atomic mass is 16.5. The number of ether oxygens (including phenoxy) is 1. The van der Waals surface area contributed by atoms with E-state index >= 15 is 0 Å². The number of allylic oxidation sites excluding steroid dienone is 4. The first-order chi connectivity index (χ1) is 7.94. The summed E-state index contributed by atoms with van der Waals surface area (Å²) in [7, 11) is 0. The number of hydrogen-bond acceptors (Lipinski definition) is 2. The molecule has 0 spiro atoms. The summed E-state index contributed by atoms with van der Waals surface area (Å²) in [6, 6.07) is 0. The topological polar surface area (TPSA) is 26.3 Å². The molecule has 0 saturated carbocycles. The van der Waals surface area contributed by atoms with E-state index in [0.29, 0.717) is 6.61 Å². The lowest BCUT2D eigenvalue weighted by molar-refractivity contribution is -0.135. The van der Waals surface area contributed by atoms with Crippen LogP contribution < -0.4 is 0 Å². The van der Waals surface area contributed by atoms with Crippen LogP contribution in [0.3, 0.4) is 0 Å². The number of hydrogen-bond donors (Lipinski definition) is 0. The highest BCUT2D eigenvalue weighted by molar-refractivity contribution is 5.96. The van der Waals surface area contributed by atoms with Crippen molar-refractivity contribution in [3.05, 3.63) is 34.9 Å². The standard InChI is InChI=1S/C15H20O2/c1-5-15(3,4)12-6-10(2)7-13-11(8-12)9-17-14(13)16/h6-8,10H,5,9H2,1-4H3. The summed E-state index contributed by atoms with van der Waals surface area (Å²) in [5.74, 6) is 0.109. The number of fused-ring (bicyclic) bond motifs is 1. The Morgan fingerprint density at radius 2 is 2.12 bits per heavy atom. The Labute approximate surface area is 103 Å². The molecular formula is C15H20O2. The van der Waals surface area contributed by atoms with E-state index in [1.54, 1.807) is 0 Å². The molecule has 0 N–H and O–H groups in total. The fraction of sp³-hybridized carbons (Fsp3) is 0.533. The van der Waals surface area contributed by atoms with Crippen LogP contribution in [-0.2, 0) is 9.53 Å². The molecule has 0 aromatic rings. The number of cyclic esters (lactones) is 1. The van der Waals surface area contributed by atoms with Gasteiger partial charge >= 0.3 is 5.97 Å². The molecule has 0 aromatic carbocycles. The van der Waals surface area contributed by atoms with Gasteiger partial charge in [-0.25, -0.2) is 4.79 Å². The third-order valence-electron chi connectivity index (χ3n) is 3.79. The average molecular weight is 232 g/mol. The van der Waals surface area contributed by atoms with Crippen molar-refractivity contribution in [3.63, 3.8) is 0 Å². The summed E-state index contributed by atoms with van der Waals surface area (Å²) in [5, 5.41) is 0. The van der Waals surface area contributed by atoms with Crippen LogP contribution in [0.1, 0.15) is 34.1 Å². The maximum atomic E-state index is 11.6. The predicted molar refractivity (Wildman–Crippen MR) is 68.4 cm³/mol. The first kappa shape index (κ1) is 12.2. The van der Waals surface area contributed by atoms with Gasteiger partial charge < -0.3 is 4.74 Å². The predicted octanol–water partition coefficient (Wildman–Crippen LogP) is 3.41. The van der Waals surface area contributed by atoms with Crippen LogP contribution in [0.2, 0.25) is 0 Å². The van der Waals surface area contributed by atoms with Crippen LogP contribution in [0.4, 0.5) is 0 Å². The van der Waals surface area contributed by atoms with Crippen molar-refractivity contribution in [2.75, 3.05) is 6.61 Å². The van der Waals surface area contributed by atoms with Crippen molar-refractivity contribution in [1.82, 2.24) is 0 Å². The Balaban J connectivity index is 2.43. The van der Waals surface area contributed by atoms with Crippen LogP contribution >= 0.6 is 0 Å². The van der Waals surface area contributed by atoms with E-state index in [4.69, 9.17) is 4.74 Å². The van der Waals surface area contributed by atoms with Gasteiger partial charge in [0.25, 0.3) is 0 Å². The smallest absolute Gasteiger partial charge is 0.338 e. The lowest BCUT2D eigenvalue weighted by atomic mass is 9.80. The summed E-state index contributed by atoms with van der Waals surface area (Å²) < 4.78 is 5.10. The van der Waals surface area contributed by atoms with Gasteiger partial charge in [-0.05, 0) is 23.3 Å². The fourth-order valence-corrected chi connectivity index (χ4v) is 2.18. The number of carbonyl (C=O) groups is 1. The molecule has 1 fully saturated rings. The third kappa shape index (κ3) is 2.21. The number of rotatable bonds is 2. The lowest BCUT2D eigenvalue weighted by Gasteiger charge is -2.25. The van der Waals surface area contributed by atoms with Gasteiger partial charge in [-0.1, -0.05) is 45.9 Å². The zero-order valence-corrected chi connectivity index (χ0v) is 11.0. The van der Waals surface area contributed by atoms with Gasteiger partial charge in [0.05, 0.1) is 5.57 Å². The summed E-state index contributed by atoms with van der Waals surface area (Å²) >= 11 is 0. The van der Waals surface area contributed by atoms with Gasteiger partial charge in [0.1, 0.15) is 6.61 Å². The van der Waals surface area contributed by atoms with E-state index in [0.717, 1.165) is 17.6 Å².